The van der Waals surface area contributed by atoms with Crippen LogP contribution in [0.3, 0.4) is 0 Å². The number of alkyl halides is 1. The summed E-state index contributed by atoms with van der Waals surface area (Å²) in [6, 6.07) is 1.94. The maximum atomic E-state index is 12.2. The summed E-state index contributed by atoms with van der Waals surface area (Å²) in [5.74, 6) is 1.32. The van der Waals surface area contributed by atoms with Crippen LogP contribution in [0, 0.1) is 6.92 Å². The Morgan fingerprint density at radius 1 is 1.38 bits per heavy atom. The van der Waals surface area contributed by atoms with Gasteiger partial charge in [-0.3, -0.25) is 4.79 Å². The van der Waals surface area contributed by atoms with Gasteiger partial charge in [-0.1, -0.05) is 0 Å². The molecule has 1 aliphatic rings. The topological polar surface area (TPSA) is 51.0 Å². The smallest absolute Gasteiger partial charge is 0.224 e. The van der Waals surface area contributed by atoms with Gasteiger partial charge < -0.3 is 9.47 Å². The van der Waals surface area contributed by atoms with Crippen molar-refractivity contribution in [2.75, 3.05) is 13.1 Å². The zero-order chi connectivity index (χ0) is 14.8. The quantitative estimate of drug-likeness (QED) is 0.816. The van der Waals surface area contributed by atoms with Crippen LogP contribution in [0.5, 0.6) is 0 Å². The molecule has 0 unspecified atom stereocenters. The molecule has 21 heavy (non-hydrogen) atoms. The number of nitrogens with zero attached hydrogens (tertiary/aromatic N) is 4. The van der Waals surface area contributed by atoms with Crippen LogP contribution < -0.4 is 0 Å². The molecule has 0 radical (unpaired) electrons. The number of rotatable bonds is 4. The third-order valence-electron chi connectivity index (χ3n) is 4.04. The van der Waals surface area contributed by atoms with Gasteiger partial charge in [-0.05, 0) is 31.4 Å². The van der Waals surface area contributed by atoms with E-state index in [1.807, 2.05) is 22.5 Å². The fraction of sp³-hybridized carbons (Fsp3) is 0.533. The number of carbonyl (C=O) groups is 1. The molecular weight excluding hydrogens is 288 g/mol. The molecule has 0 N–H and O–H groups in total. The van der Waals surface area contributed by atoms with Crippen molar-refractivity contribution in [2.45, 2.75) is 38.6 Å². The number of likely N-dealkylation sites (tertiary alicyclic amines) is 1. The average molecular weight is 307 g/mol. The van der Waals surface area contributed by atoms with Crippen molar-refractivity contribution in [1.82, 2.24) is 19.4 Å². The van der Waals surface area contributed by atoms with Crippen LogP contribution in [0.4, 0.5) is 0 Å². The van der Waals surface area contributed by atoms with Gasteiger partial charge in [0.1, 0.15) is 11.3 Å². The molecule has 1 saturated heterocycles. The van der Waals surface area contributed by atoms with E-state index in [1.165, 1.54) is 0 Å². The summed E-state index contributed by atoms with van der Waals surface area (Å²) in [6.45, 7) is 4.38. The van der Waals surface area contributed by atoms with Crippen molar-refractivity contribution in [3.05, 3.63) is 23.7 Å². The van der Waals surface area contributed by atoms with Crippen LogP contribution in [0.15, 0.2) is 12.3 Å². The first-order chi connectivity index (χ1) is 10.2. The first kappa shape index (κ1) is 14.3. The summed E-state index contributed by atoms with van der Waals surface area (Å²) in [4.78, 5) is 23.1. The molecule has 2 aromatic rings. The van der Waals surface area contributed by atoms with E-state index in [2.05, 4.69) is 9.97 Å². The largest absolute Gasteiger partial charge is 0.343 e. The summed E-state index contributed by atoms with van der Waals surface area (Å²) in [5, 5.41) is 0. The van der Waals surface area contributed by atoms with Crippen molar-refractivity contribution in [3.63, 3.8) is 0 Å². The zero-order valence-electron chi connectivity index (χ0n) is 12.2. The van der Waals surface area contributed by atoms with Crippen molar-refractivity contribution in [1.29, 1.82) is 0 Å². The SMILES string of the molecule is Cc1ccnc2c1nc(CCl)n2CCC(=O)N1CCCC1. The first-order valence-corrected chi connectivity index (χ1v) is 7.88. The lowest BCUT2D eigenvalue weighted by Gasteiger charge is -2.15. The number of imidazole rings is 1. The van der Waals surface area contributed by atoms with E-state index in [0.29, 0.717) is 18.8 Å². The van der Waals surface area contributed by atoms with Crippen LogP contribution >= 0.6 is 11.6 Å². The van der Waals surface area contributed by atoms with Crippen LogP contribution in [-0.2, 0) is 17.2 Å². The summed E-state index contributed by atoms with van der Waals surface area (Å²) >= 11 is 5.99. The maximum absolute atomic E-state index is 12.2. The molecule has 3 heterocycles. The molecule has 0 aliphatic carbocycles. The second kappa shape index (κ2) is 6.02. The van der Waals surface area contributed by atoms with Crippen molar-refractivity contribution in [2.24, 2.45) is 0 Å². The van der Waals surface area contributed by atoms with E-state index in [9.17, 15) is 4.79 Å². The van der Waals surface area contributed by atoms with Crippen LogP contribution in [-0.4, -0.2) is 38.4 Å². The van der Waals surface area contributed by atoms with Gasteiger partial charge in [0.25, 0.3) is 0 Å². The average Bonchev–Trinajstić information content (AvgIpc) is 3.13. The minimum atomic E-state index is 0.211. The number of fused-ring (bicyclic) bond motifs is 1. The lowest BCUT2D eigenvalue weighted by atomic mass is 10.3. The number of amides is 1. The molecule has 1 fully saturated rings. The van der Waals surface area contributed by atoms with E-state index in [1.54, 1.807) is 6.20 Å². The third-order valence-corrected chi connectivity index (χ3v) is 4.28. The number of halogens is 1. The number of aromatic nitrogens is 3. The Bertz CT molecular complexity index is 661. The molecule has 1 amide bonds. The van der Waals surface area contributed by atoms with Crippen molar-refractivity contribution >= 4 is 28.7 Å². The van der Waals surface area contributed by atoms with Gasteiger partial charge in [-0.15, -0.1) is 11.6 Å². The monoisotopic (exact) mass is 306 g/mol. The molecule has 5 nitrogen and oxygen atoms in total. The number of pyridine rings is 1. The number of hydrogen-bond acceptors (Lipinski definition) is 3. The van der Waals surface area contributed by atoms with Gasteiger partial charge >= 0.3 is 0 Å². The Morgan fingerprint density at radius 2 is 2.14 bits per heavy atom. The van der Waals surface area contributed by atoms with Gasteiger partial charge in [0, 0.05) is 32.3 Å². The Kier molecular flexibility index (Phi) is 4.10. The fourth-order valence-electron chi connectivity index (χ4n) is 2.85. The maximum Gasteiger partial charge on any atom is 0.224 e. The molecule has 0 spiro atoms. The van der Waals surface area contributed by atoms with E-state index < -0.39 is 0 Å². The summed E-state index contributed by atoms with van der Waals surface area (Å²) in [6.07, 6.45) is 4.49. The molecular formula is C15H19ClN4O. The second-order valence-corrected chi connectivity index (χ2v) is 5.72. The van der Waals surface area contributed by atoms with Gasteiger partial charge in [0.15, 0.2) is 5.65 Å². The molecule has 1 aliphatic heterocycles. The van der Waals surface area contributed by atoms with Crippen LogP contribution in [0.25, 0.3) is 11.2 Å². The molecule has 0 atom stereocenters. The summed E-state index contributed by atoms with van der Waals surface area (Å²) in [7, 11) is 0. The molecule has 6 heteroatoms. The standard InChI is InChI=1S/C15H19ClN4O/c1-11-4-6-17-15-14(11)18-12(10-16)20(15)9-5-13(21)19-7-2-3-8-19/h4,6H,2-3,5,7-10H2,1H3. The molecule has 0 bridgehead atoms. The Labute approximate surface area is 128 Å². The molecule has 3 rings (SSSR count). The first-order valence-electron chi connectivity index (χ1n) is 7.35. The van der Waals surface area contributed by atoms with E-state index >= 15 is 0 Å². The minimum absolute atomic E-state index is 0.211. The molecule has 0 aromatic carbocycles. The number of carbonyl (C=O) groups excluding carboxylic acids is 1. The van der Waals surface area contributed by atoms with Crippen LogP contribution in [0.2, 0.25) is 0 Å². The van der Waals surface area contributed by atoms with Gasteiger partial charge in [0.2, 0.25) is 5.91 Å². The highest BCUT2D eigenvalue weighted by Crippen LogP contribution is 2.19. The summed E-state index contributed by atoms with van der Waals surface area (Å²) in [5.41, 5.74) is 2.78. The van der Waals surface area contributed by atoms with Gasteiger partial charge in [-0.2, -0.15) is 0 Å². The number of hydrogen-bond donors (Lipinski definition) is 0. The third kappa shape index (κ3) is 2.75. The summed E-state index contributed by atoms with van der Waals surface area (Å²) < 4.78 is 1.98. The highest BCUT2D eigenvalue weighted by Gasteiger charge is 2.19. The number of aryl methyl sites for hydroxylation is 2. The predicted octanol–water partition coefficient (Wildman–Crippen LogP) is 2.49. The van der Waals surface area contributed by atoms with Gasteiger partial charge in [-0.25, -0.2) is 9.97 Å². The minimum Gasteiger partial charge on any atom is -0.343 e. The van der Waals surface area contributed by atoms with Crippen molar-refractivity contribution in [3.8, 4) is 0 Å². The Morgan fingerprint density at radius 3 is 2.86 bits per heavy atom. The van der Waals surface area contributed by atoms with E-state index in [4.69, 9.17) is 11.6 Å². The highest BCUT2D eigenvalue weighted by atomic mass is 35.5. The molecule has 112 valence electrons. The lowest BCUT2D eigenvalue weighted by molar-refractivity contribution is -0.130. The highest BCUT2D eigenvalue weighted by molar-refractivity contribution is 6.16. The lowest BCUT2D eigenvalue weighted by Crippen LogP contribution is -2.28. The Hall–Kier alpha value is -1.62. The zero-order valence-corrected chi connectivity index (χ0v) is 12.9. The molecule has 2 aromatic heterocycles. The fourth-order valence-corrected chi connectivity index (χ4v) is 3.06. The van der Waals surface area contributed by atoms with E-state index in [-0.39, 0.29) is 5.91 Å². The Balaban J connectivity index is 1.82. The van der Waals surface area contributed by atoms with Crippen molar-refractivity contribution < 1.29 is 4.79 Å². The van der Waals surface area contributed by atoms with E-state index in [0.717, 1.165) is 48.5 Å². The van der Waals surface area contributed by atoms with Gasteiger partial charge in [0.05, 0.1) is 5.88 Å². The second-order valence-electron chi connectivity index (χ2n) is 5.45. The normalized spacial score (nSPS) is 15.0. The van der Waals surface area contributed by atoms with Crippen LogP contribution in [0.1, 0.15) is 30.7 Å². The predicted molar refractivity (Wildman–Crippen MR) is 82.3 cm³/mol. The molecule has 0 saturated carbocycles.